The van der Waals surface area contributed by atoms with Gasteiger partial charge < -0.3 is 20.0 Å². The minimum absolute atomic E-state index is 0.00655. The minimum Gasteiger partial charge on any atom is -0.448 e. The number of nitrogens with two attached hydrogens (primary N) is 1. The molecule has 6 nitrogen and oxygen atoms in total. The van der Waals surface area contributed by atoms with Crippen LogP contribution < -0.4 is 5.73 Å². The molecule has 0 saturated heterocycles. The molecule has 0 saturated carbocycles. The number of nitrogens with zero attached hydrogens (tertiary/aromatic N) is 1. The van der Waals surface area contributed by atoms with E-state index in [2.05, 4.69) is 24.3 Å². The SMILES string of the molecule is NCCOCCN(CC=O)C(=O)OCC1c2ccccc2-c2ccccc21. The highest BCUT2D eigenvalue weighted by Gasteiger charge is 2.29. The molecule has 27 heavy (non-hydrogen) atoms. The number of carbonyl (C=O) groups is 2. The van der Waals surface area contributed by atoms with Gasteiger partial charge in [-0.05, 0) is 22.3 Å². The molecular formula is C21H24N2O4. The van der Waals surface area contributed by atoms with Gasteiger partial charge in [-0.25, -0.2) is 4.79 Å². The lowest BCUT2D eigenvalue weighted by atomic mass is 9.98. The second-order valence-corrected chi connectivity index (χ2v) is 6.32. The van der Waals surface area contributed by atoms with Crippen molar-refractivity contribution in [1.29, 1.82) is 0 Å². The van der Waals surface area contributed by atoms with Crippen LogP contribution in [0.4, 0.5) is 4.79 Å². The first-order chi connectivity index (χ1) is 13.3. The molecule has 0 aromatic heterocycles. The molecule has 6 heteroatoms. The maximum atomic E-state index is 12.4. The largest absolute Gasteiger partial charge is 0.448 e. The Kier molecular flexibility index (Phi) is 6.57. The number of hydrogen-bond donors (Lipinski definition) is 1. The van der Waals surface area contributed by atoms with Crippen LogP contribution in [0.15, 0.2) is 48.5 Å². The molecule has 0 fully saturated rings. The molecule has 3 rings (SSSR count). The minimum atomic E-state index is -0.514. The second kappa shape index (κ2) is 9.30. The summed E-state index contributed by atoms with van der Waals surface area (Å²) < 4.78 is 10.8. The van der Waals surface area contributed by atoms with Gasteiger partial charge in [0.2, 0.25) is 0 Å². The number of fused-ring (bicyclic) bond motifs is 3. The van der Waals surface area contributed by atoms with Crippen LogP contribution in [-0.4, -0.2) is 56.7 Å². The molecule has 0 radical (unpaired) electrons. The lowest BCUT2D eigenvalue weighted by molar-refractivity contribution is -0.108. The highest BCUT2D eigenvalue weighted by atomic mass is 16.6. The van der Waals surface area contributed by atoms with Crippen molar-refractivity contribution in [3.8, 4) is 11.1 Å². The van der Waals surface area contributed by atoms with E-state index in [1.165, 1.54) is 16.0 Å². The van der Waals surface area contributed by atoms with Crippen LogP contribution in [0, 0.1) is 0 Å². The van der Waals surface area contributed by atoms with Gasteiger partial charge in [0, 0.05) is 19.0 Å². The number of hydrogen-bond acceptors (Lipinski definition) is 5. The molecule has 1 aliphatic carbocycles. The van der Waals surface area contributed by atoms with E-state index in [-0.39, 0.29) is 25.6 Å². The summed E-state index contributed by atoms with van der Waals surface area (Å²) in [5, 5.41) is 0. The van der Waals surface area contributed by atoms with E-state index in [0.29, 0.717) is 26.0 Å². The third-order valence-corrected chi connectivity index (χ3v) is 4.66. The zero-order valence-electron chi connectivity index (χ0n) is 15.2. The number of carbonyl (C=O) groups excluding carboxylic acids is 2. The molecule has 0 atom stereocenters. The van der Waals surface area contributed by atoms with Crippen molar-refractivity contribution in [3.63, 3.8) is 0 Å². The number of rotatable bonds is 9. The van der Waals surface area contributed by atoms with E-state index in [0.717, 1.165) is 11.1 Å². The third kappa shape index (κ3) is 4.35. The average Bonchev–Trinajstić information content (AvgIpc) is 3.02. The van der Waals surface area contributed by atoms with Gasteiger partial charge in [-0.2, -0.15) is 0 Å². The molecular weight excluding hydrogens is 344 g/mol. The zero-order valence-corrected chi connectivity index (χ0v) is 15.2. The molecule has 0 aliphatic heterocycles. The van der Waals surface area contributed by atoms with E-state index in [9.17, 15) is 9.59 Å². The van der Waals surface area contributed by atoms with Crippen LogP contribution in [0.1, 0.15) is 17.0 Å². The van der Waals surface area contributed by atoms with E-state index in [1.54, 1.807) is 0 Å². The highest BCUT2D eigenvalue weighted by Crippen LogP contribution is 2.44. The van der Waals surface area contributed by atoms with Crippen LogP contribution in [0.5, 0.6) is 0 Å². The average molecular weight is 368 g/mol. The lowest BCUT2D eigenvalue weighted by Crippen LogP contribution is -2.36. The van der Waals surface area contributed by atoms with Crippen molar-refractivity contribution in [1.82, 2.24) is 4.90 Å². The van der Waals surface area contributed by atoms with Crippen LogP contribution in [-0.2, 0) is 14.3 Å². The van der Waals surface area contributed by atoms with E-state index < -0.39 is 6.09 Å². The topological polar surface area (TPSA) is 81.9 Å². The summed E-state index contributed by atoms with van der Waals surface area (Å²) in [5.41, 5.74) is 10.0. The molecule has 2 N–H and O–H groups in total. The van der Waals surface area contributed by atoms with Crippen LogP contribution in [0.3, 0.4) is 0 Å². The van der Waals surface area contributed by atoms with E-state index >= 15 is 0 Å². The molecule has 0 bridgehead atoms. The maximum Gasteiger partial charge on any atom is 0.410 e. The predicted octanol–water partition coefficient (Wildman–Crippen LogP) is 2.41. The Labute approximate surface area is 158 Å². The smallest absolute Gasteiger partial charge is 0.410 e. The normalized spacial score (nSPS) is 12.3. The Hall–Kier alpha value is -2.70. The van der Waals surface area contributed by atoms with E-state index in [4.69, 9.17) is 15.2 Å². The summed E-state index contributed by atoms with van der Waals surface area (Å²) >= 11 is 0. The molecule has 0 spiro atoms. The van der Waals surface area contributed by atoms with Crippen molar-refractivity contribution in [2.45, 2.75) is 5.92 Å². The Morgan fingerprint density at radius 1 is 1.04 bits per heavy atom. The van der Waals surface area contributed by atoms with Crippen molar-refractivity contribution in [3.05, 3.63) is 59.7 Å². The number of benzene rings is 2. The number of amides is 1. The lowest BCUT2D eigenvalue weighted by Gasteiger charge is -2.21. The standard InChI is InChI=1S/C21H24N2O4/c22-9-13-26-14-11-23(10-12-24)21(25)27-15-20-18-7-3-1-5-16(18)17-6-2-4-8-19(17)20/h1-8,12,20H,9-11,13-15,22H2. The number of aldehydes is 1. The van der Waals surface area contributed by atoms with E-state index in [1.807, 2.05) is 24.3 Å². The van der Waals surface area contributed by atoms with Gasteiger partial charge in [0.25, 0.3) is 0 Å². The fourth-order valence-corrected chi connectivity index (χ4v) is 3.39. The fraction of sp³-hybridized carbons (Fsp3) is 0.333. The molecule has 1 aliphatic rings. The molecule has 2 aromatic rings. The van der Waals surface area contributed by atoms with Crippen molar-refractivity contribution >= 4 is 12.4 Å². The van der Waals surface area contributed by atoms with Crippen molar-refractivity contribution in [2.75, 3.05) is 39.5 Å². The summed E-state index contributed by atoms with van der Waals surface area (Å²) in [4.78, 5) is 24.7. The first-order valence-electron chi connectivity index (χ1n) is 9.07. The maximum absolute atomic E-state index is 12.4. The molecule has 142 valence electrons. The van der Waals surface area contributed by atoms with Gasteiger partial charge in [0.05, 0.1) is 19.8 Å². The predicted molar refractivity (Wildman–Crippen MR) is 103 cm³/mol. The zero-order chi connectivity index (χ0) is 19.1. The van der Waals surface area contributed by atoms with Crippen molar-refractivity contribution in [2.24, 2.45) is 5.73 Å². The van der Waals surface area contributed by atoms with Gasteiger partial charge in [0.15, 0.2) is 0 Å². The number of ether oxygens (including phenoxy) is 2. The summed E-state index contributed by atoms with van der Waals surface area (Å²) in [7, 11) is 0. The Morgan fingerprint density at radius 3 is 2.26 bits per heavy atom. The highest BCUT2D eigenvalue weighted by molar-refractivity contribution is 5.79. The van der Waals surface area contributed by atoms with Gasteiger partial charge in [0.1, 0.15) is 12.9 Å². The summed E-state index contributed by atoms with van der Waals surface area (Å²) in [5.74, 6) is -0.00655. The third-order valence-electron chi connectivity index (χ3n) is 4.66. The van der Waals surface area contributed by atoms with Gasteiger partial charge in [-0.1, -0.05) is 48.5 Å². The molecule has 1 amide bonds. The van der Waals surface area contributed by atoms with Gasteiger partial charge >= 0.3 is 6.09 Å². The molecule has 0 heterocycles. The van der Waals surface area contributed by atoms with Crippen LogP contribution >= 0.6 is 0 Å². The molecule has 0 unspecified atom stereocenters. The van der Waals surface area contributed by atoms with Crippen LogP contribution in [0.25, 0.3) is 11.1 Å². The quantitative estimate of drug-likeness (QED) is 0.543. The fourth-order valence-electron chi connectivity index (χ4n) is 3.39. The van der Waals surface area contributed by atoms with Gasteiger partial charge in [-0.15, -0.1) is 0 Å². The Bertz CT molecular complexity index is 748. The monoisotopic (exact) mass is 368 g/mol. The molecule has 2 aromatic carbocycles. The Morgan fingerprint density at radius 2 is 1.67 bits per heavy atom. The van der Waals surface area contributed by atoms with Gasteiger partial charge in [-0.3, -0.25) is 4.90 Å². The van der Waals surface area contributed by atoms with Crippen LogP contribution in [0.2, 0.25) is 0 Å². The summed E-state index contributed by atoms with van der Waals surface area (Å²) in [6.07, 6.45) is 0.171. The second-order valence-electron chi connectivity index (χ2n) is 6.32. The first kappa shape index (κ1) is 19.1. The summed E-state index contributed by atoms with van der Waals surface area (Å²) in [6, 6.07) is 16.3. The Balaban J connectivity index is 1.66. The van der Waals surface area contributed by atoms with Crippen molar-refractivity contribution < 1.29 is 19.1 Å². The first-order valence-corrected chi connectivity index (χ1v) is 9.07. The summed E-state index contributed by atoms with van der Waals surface area (Å²) in [6.45, 7) is 1.64.